The minimum absolute atomic E-state index is 0.331. The normalized spacial score (nSPS) is 10.2. The van der Waals surface area contributed by atoms with Crippen molar-refractivity contribution in [2.75, 3.05) is 12.4 Å². The maximum absolute atomic E-state index is 9.68. The van der Waals surface area contributed by atoms with Gasteiger partial charge in [0.1, 0.15) is 11.4 Å². The van der Waals surface area contributed by atoms with Gasteiger partial charge < -0.3 is 35.6 Å². The zero-order valence-electron chi connectivity index (χ0n) is 10.5. The fraction of sp³-hybridized carbons (Fsp3) is 0.0769. The molecular formula is C13H13NO6. The van der Waals surface area contributed by atoms with E-state index in [1.165, 1.54) is 7.11 Å². The molecule has 106 valence electrons. The van der Waals surface area contributed by atoms with Crippen LogP contribution < -0.4 is 10.1 Å². The van der Waals surface area contributed by atoms with Gasteiger partial charge in [-0.1, -0.05) is 0 Å². The van der Waals surface area contributed by atoms with Gasteiger partial charge in [-0.15, -0.1) is 0 Å². The SMILES string of the molecule is COc1ccc(Nc2c(O)c(O)c(O)c(O)c2O)cc1. The number of benzene rings is 2. The Morgan fingerprint density at radius 1 is 0.750 bits per heavy atom. The van der Waals surface area contributed by atoms with Crippen LogP contribution in [0.4, 0.5) is 11.4 Å². The van der Waals surface area contributed by atoms with Gasteiger partial charge >= 0.3 is 0 Å². The Morgan fingerprint density at radius 2 is 1.20 bits per heavy atom. The molecule has 0 aliphatic heterocycles. The highest BCUT2D eigenvalue weighted by atomic mass is 16.5. The molecule has 7 heteroatoms. The van der Waals surface area contributed by atoms with Gasteiger partial charge in [0.2, 0.25) is 17.2 Å². The van der Waals surface area contributed by atoms with Crippen LogP contribution >= 0.6 is 0 Å². The highest BCUT2D eigenvalue weighted by Crippen LogP contribution is 2.54. The van der Waals surface area contributed by atoms with Crippen LogP contribution in [0.25, 0.3) is 0 Å². The topological polar surface area (TPSA) is 122 Å². The van der Waals surface area contributed by atoms with Crippen LogP contribution in [0.3, 0.4) is 0 Å². The van der Waals surface area contributed by atoms with Gasteiger partial charge in [-0.05, 0) is 24.3 Å². The van der Waals surface area contributed by atoms with E-state index in [0.717, 1.165) is 0 Å². The molecule has 0 fully saturated rings. The zero-order chi connectivity index (χ0) is 14.9. The van der Waals surface area contributed by atoms with Gasteiger partial charge in [0.25, 0.3) is 0 Å². The van der Waals surface area contributed by atoms with Crippen molar-refractivity contribution >= 4 is 11.4 Å². The second-order valence-corrected chi connectivity index (χ2v) is 3.97. The summed E-state index contributed by atoms with van der Waals surface area (Å²) in [5.74, 6) is -3.82. The van der Waals surface area contributed by atoms with Gasteiger partial charge in [0, 0.05) is 5.69 Å². The maximum atomic E-state index is 9.68. The molecule has 7 nitrogen and oxygen atoms in total. The van der Waals surface area contributed by atoms with Crippen LogP contribution in [0.15, 0.2) is 24.3 Å². The molecule has 0 saturated heterocycles. The Kier molecular flexibility index (Phi) is 3.34. The highest BCUT2D eigenvalue weighted by Gasteiger charge is 2.23. The average Bonchev–Trinajstić information content (AvgIpc) is 2.48. The van der Waals surface area contributed by atoms with E-state index in [2.05, 4.69) is 5.32 Å². The number of rotatable bonds is 3. The quantitative estimate of drug-likeness (QED) is 0.375. The Balaban J connectivity index is 2.42. The minimum Gasteiger partial charge on any atom is -0.503 e. The van der Waals surface area contributed by atoms with Crippen molar-refractivity contribution in [3.63, 3.8) is 0 Å². The van der Waals surface area contributed by atoms with E-state index in [1.807, 2.05) is 0 Å². The van der Waals surface area contributed by atoms with Crippen molar-refractivity contribution in [3.8, 4) is 34.5 Å². The Labute approximate surface area is 113 Å². The summed E-state index contributed by atoms with van der Waals surface area (Å²) >= 11 is 0. The predicted octanol–water partition coefficient (Wildman–Crippen LogP) is 1.97. The van der Waals surface area contributed by atoms with E-state index in [9.17, 15) is 25.5 Å². The van der Waals surface area contributed by atoms with Crippen LogP contribution in [0.1, 0.15) is 0 Å². The van der Waals surface area contributed by atoms with Crippen molar-refractivity contribution in [1.82, 2.24) is 0 Å². The summed E-state index contributed by atoms with van der Waals surface area (Å²) in [6, 6.07) is 6.46. The van der Waals surface area contributed by atoms with Crippen molar-refractivity contribution in [2.24, 2.45) is 0 Å². The van der Waals surface area contributed by atoms with Crippen LogP contribution in [-0.4, -0.2) is 32.6 Å². The smallest absolute Gasteiger partial charge is 0.208 e. The van der Waals surface area contributed by atoms with Crippen molar-refractivity contribution in [3.05, 3.63) is 24.3 Å². The lowest BCUT2D eigenvalue weighted by Crippen LogP contribution is -1.93. The van der Waals surface area contributed by atoms with Crippen LogP contribution in [0.5, 0.6) is 34.5 Å². The lowest BCUT2D eigenvalue weighted by molar-refractivity contribution is 0.330. The minimum atomic E-state index is -1.000. The number of ether oxygens (including phenoxy) is 1. The monoisotopic (exact) mass is 279 g/mol. The number of phenolic OH excluding ortho intramolecular Hbond substituents is 5. The lowest BCUT2D eigenvalue weighted by atomic mass is 10.2. The first kappa shape index (κ1) is 13.5. The van der Waals surface area contributed by atoms with E-state index in [-0.39, 0.29) is 5.69 Å². The fourth-order valence-corrected chi connectivity index (χ4v) is 1.62. The summed E-state index contributed by atoms with van der Waals surface area (Å²) in [5, 5.41) is 50.1. The van der Waals surface area contributed by atoms with Crippen LogP contribution in [0.2, 0.25) is 0 Å². The molecule has 20 heavy (non-hydrogen) atoms. The molecule has 2 aromatic rings. The molecule has 0 aliphatic rings. The number of methoxy groups -OCH3 is 1. The molecule has 0 unspecified atom stereocenters. The highest BCUT2D eigenvalue weighted by molar-refractivity contribution is 5.82. The fourth-order valence-electron chi connectivity index (χ4n) is 1.62. The number of nitrogens with one attached hydrogen (secondary N) is 1. The van der Waals surface area contributed by atoms with Crippen molar-refractivity contribution < 1.29 is 30.3 Å². The number of hydrogen-bond acceptors (Lipinski definition) is 7. The van der Waals surface area contributed by atoms with Gasteiger partial charge in [-0.25, -0.2) is 0 Å². The zero-order valence-corrected chi connectivity index (χ0v) is 10.5. The van der Waals surface area contributed by atoms with E-state index in [0.29, 0.717) is 11.4 Å². The number of anilines is 2. The standard InChI is InChI=1S/C13H13NO6/c1-20-7-4-2-6(3-5-7)14-8-9(15)11(17)13(19)12(18)10(8)16/h2-5,14-19H,1H3. The average molecular weight is 279 g/mol. The van der Waals surface area contributed by atoms with E-state index in [4.69, 9.17) is 4.74 Å². The molecule has 0 heterocycles. The van der Waals surface area contributed by atoms with Gasteiger partial charge in [-0.2, -0.15) is 0 Å². The van der Waals surface area contributed by atoms with E-state index >= 15 is 0 Å². The van der Waals surface area contributed by atoms with Gasteiger partial charge in [-0.3, -0.25) is 0 Å². The summed E-state index contributed by atoms with van der Waals surface area (Å²) in [5.41, 5.74) is 0.129. The molecule has 0 aliphatic carbocycles. The van der Waals surface area contributed by atoms with Crippen molar-refractivity contribution in [1.29, 1.82) is 0 Å². The summed E-state index contributed by atoms with van der Waals surface area (Å²) < 4.78 is 4.98. The molecule has 6 N–H and O–H groups in total. The molecule has 0 amide bonds. The predicted molar refractivity (Wildman–Crippen MR) is 71.0 cm³/mol. The van der Waals surface area contributed by atoms with Crippen LogP contribution in [-0.2, 0) is 0 Å². The molecule has 2 aromatic carbocycles. The second-order valence-electron chi connectivity index (χ2n) is 3.97. The molecule has 0 bridgehead atoms. The lowest BCUT2D eigenvalue weighted by Gasteiger charge is -2.14. The van der Waals surface area contributed by atoms with E-state index in [1.54, 1.807) is 24.3 Å². The third kappa shape index (κ3) is 2.16. The first-order chi connectivity index (χ1) is 9.45. The third-order valence-electron chi connectivity index (χ3n) is 2.73. The summed E-state index contributed by atoms with van der Waals surface area (Å²) in [6.07, 6.45) is 0. The molecular weight excluding hydrogens is 266 g/mol. The Hall–Kier alpha value is -2.96. The molecule has 2 rings (SSSR count). The first-order valence-electron chi connectivity index (χ1n) is 5.55. The number of aromatic hydroxyl groups is 5. The molecule has 0 spiro atoms. The van der Waals surface area contributed by atoms with Crippen LogP contribution in [0, 0.1) is 0 Å². The molecule has 0 aromatic heterocycles. The number of phenols is 5. The molecule has 0 saturated carbocycles. The number of hydrogen-bond donors (Lipinski definition) is 6. The van der Waals surface area contributed by atoms with Gasteiger partial charge in [0.05, 0.1) is 7.11 Å². The Bertz CT molecular complexity index is 609. The third-order valence-corrected chi connectivity index (χ3v) is 2.73. The Morgan fingerprint density at radius 3 is 1.65 bits per heavy atom. The van der Waals surface area contributed by atoms with E-state index < -0.39 is 28.7 Å². The van der Waals surface area contributed by atoms with Gasteiger partial charge in [0.15, 0.2) is 11.5 Å². The summed E-state index contributed by atoms with van der Waals surface area (Å²) in [7, 11) is 1.51. The molecule has 0 radical (unpaired) electrons. The summed E-state index contributed by atoms with van der Waals surface area (Å²) in [4.78, 5) is 0. The summed E-state index contributed by atoms with van der Waals surface area (Å²) in [6.45, 7) is 0. The largest absolute Gasteiger partial charge is 0.503 e. The molecule has 0 atom stereocenters. The first-order valence-corrected chi connectivity index (χ1v) is 5.55. The second kappa shape index (κ2) is 4.96. The maximum Gasteiger partial charge on any atom is 0.208 e. The van der Waals surface area contributed by atoms with Crippen molar-refractivity contribution in [2.45, 2.75) is 0 Å².